The molecule has 28 heavy (non-hydrogen) atoms. The Morgan fingerprint density at radius 3 is 2.39 bits per heavy atom. The van der Waals surface area contributed by atoms with Crippen LogP contribution in [0.25, 0.3) is 0 Å². The van der Waals surface area contributed by atoms with Gasteiger partial charge in [0.2, 0.25) is 21.8 Å². The first kappa shape index (κ1) is 20.8. The Balaban J connectivity index is 1.54. The van der Waals surface area contributed by atoms with Crippen LogP contribution in [0.15, 0.2) is 29.2 Å². The Kier molecular flexibility index (Phi) is 6.40. The van der Waals surface area contributed by atoms with Gasteiger partial charge in [-0.1, -0.05) is 31.4 Å². The summed E-state index contributed by atoms with van der Waals surface area (Å²) in [4.78, 5) is 27.0. The van der Waals surface area contributed by atoms with Crippen LogP contribution in [-0.2, 0) is 26.2 Å². The second-order valence-corrected chi connectivity index (χ2v) is 10.0. The zero-order chi connectivity index (χ0) is 20.3. The molecule has 0 spiro atoms. The summed E-state index contributed by atoms with van der Waals surface area (Å²) in [5.41, 5.74) is 0.819. The lowest BCUT2D eigenvalue weighted by molar-refractivity contribution is -0.130. The van der Waals surface area contributed by atoms with Gasteiger partial charge in [-0.2, -0.15) is 0 Å². The largest absolute Gasteiger partial charge is 0.352 e. The molecule has 1 saturated carbocycles. The van der Waals surface area contributed by atoms with Gasteiger partial charge in [0.1, 0.15) is 0 Å². The van der Waals surface area contributed by atoms with Gasteiger partial charge >= 0.3 is 0 Å². The average Bonchev–Trinajstić information content (AvgIpc) is 3.09. The summed E-state index contributed by atoms with van der Waals surface area (Å²) in [5.74, 6) is -0.329. The highest BCUT2D eigenvalue weighted by Gasteiger charge is 2.37. The number of likely N-dealkylation sites (tertiary alicyclic amines) is 1. The van der Waals surface area contributed by atoms with Crippen LogP contribution in [0.4, 0.5) is 0 Å². The van der Waals surface area contributed by atoms with Crippen LogP contribution in [0.1, 0.15) is 44.1 Å². The van der Waals surface area contributed by atoms with E-state index in [1.807, 2.05) is 4.90 Å². The van der Waals surface area contributed by atoms with Gasteiger partial charge in [-0.3, -0.25) is 9.59 Å². The van der Waals surface area contributed by atoms with Crippen molar-refractivity contribution in [3.05, 3.63) is 29.8 Å². The van der Waals surface area contributed by atoms with Crippen LogP contribution < -0.4 is 5.32 Å². The average molecular weight is 408 g/mol. The second-order valence-electron chi connectivity index (χ2n) is 7.89. The highest BCUT2D eigenvalue weighted by Crippen LogP contribution is 2.28. The number of hydrogen-bond acceptors (Lipinski definition) is 4. The smallest absolute Gasteiger partial charge is 0.242 e. The highest BCUT2D eigenvalue weighted by atomic mass is 32.2. The van der Waals surface area contributed by atoms with Gasteiger partial charge in [-0.05, 0) is 30.5 Å². The van der Waals surface area contributed by atoms with Crippen molar-refractivity contribution in [2.75, 3.05) is 20.6 Å². The van der Waals surface area contributed by atoms with Crippen LogP contribution in [-0.4, -0.2) is 56.1 Å². The van der Waals surface area contributed by atoms with Crippen LogP contribution in [0.3, 0.4) is 0 Å². The van der Waals surface area contributed by atoms with E-state index in [2.05, 4.69) is 5.32 Å². The Bertz CT molecular complexity index is 814. The third kappa shape index (κ3) is 4.55. The van der Waals surface area contributed by atoms with Crippen LogP contribution >= 0.6 is 0 Å². The molecule has 1 aliphatic carbocycles. The number of nitrogens with one attached hydrogen (secondary N) is 1. The molecule has 0 aromatic heterocycles. The molecule has 1 heterocycles. The number of hydrogen-bond donors (Lipinski definition) is 1. The quantitative estimate of drug-likeness (QED) is 0.778. The molecular formula is C20H29N3O4S. The molecule has 2 fully saturated rings. The normalized spacial score (nSPS) is 21.3. The van der Waals surface area contributed by atoms with Crippen molar-refractivity contribution >= 4 is 21.8 Å². The van der Waals surface area contributed by atoms with Gasteiger partial charge in [-0.25, -0.2) is 12.7 Å². The molecule has 7 nitrogen and oxygen atoms in total. The van der Waals surface area contributed by atoms with Crippen LogP contribution in [0.2, 0.25) is 0 Å². The van der Waals surface area contributed by atoms with E-state index in [-0.39, 0.29) is 29.0 Å². The molecule has 154 valence electrons. The van der Waals surface area contributed by atoms with Crippen molar-refractivity contribution in [1.82, 2.24) is 14.5 Å². The number of rotatable bonds is 6. The summed E-state index contributed by atoms with van der Waals surface area (Å²) in [6, 6.07) is 6.78. The van der Waals surface area contributed by atoms with E-state index in [1.54, 1.807) is 24.3 Å². The summed E-state index contributed by atoms with van der Waals surface area (Å²) < 4.78 is 25.4. The predicted octanol–water partition coefficient (Wildman–Crippen LogP) is 1.73. The standard InChI is InChI=1S/C20H29N3O4S/c1-22(2)28(26,27)18-10-8-15(9-11-18)13-21-20(25)16-12-19(24)23(14-16)17-6-4-3-5-7-17/h8-11,16-17H,3-7,12-14H2,1-2H3,(H,21,25)/t16-/m0/s1. The predicted molar refractivity (Wildman–Crippen MR) is 106 cm³/mol. The Hall–Kier alpha value is -1.93. The summed E-state index contributed by atoms with van der Waals surface area (Å²) >= 11 is 0. The minimum absolute atomic E-state index is 0.0882. The van der Waals surface area contributed by atoms with E-state index in [1.165, 1.54) is 24.8 Å². The van der Waals surface area contributed by atoms with E-state index in [0.717, 1.165) is 31.2 Å². The molecular weight excluding hydrogens is 378 g/mol. The molecule has 3 rings (SSSR count). The molecule has 2 amide bonds. The number of amides is 2. The van der Waals surface area contributed by atoms with Crippen LogP contribution in [0, 0.1) is 5.92 Å². The number of benzene rings is 1. The number of carbonyl (C=O) groups excluding carboxylic acids is 2. The molecule has 1 saturated heterocycles. The maximum absolute atomic E-state index is 12.5. The maximum atomic E-state index is 12.5. The molecule has 2 aliphatic rings. The summed E-state index contributed by atoms with van der Waals surface area (Å²) in [6.45, 7) is 0.824. The van der Waals surface area contributed by atoms with E-state index >= 15 is 0 Å². The first-order valence-corrected chi connectivity index (χ1v) is 11.3. The number of carbonyl (C=O) groups is 2. The molecule has 1 aromatic rings. The van der Waals surface area contributed by atoms with Crippen LogP contribution in [0.5, 0.6) is 0 Å². The van der Waals surface area contributed by atoms with Gasteiger partial charge in [0.25, 0.3) is 0 Å². The fourth-order valence-electron chi connectivity index (χ4n) is 3.98. The van der Waals surface area contributed by atoms with E-state index < -0.39 is 10.0 Å². The van der Waals surface area contributed by atoms with E-state index in [4.69, 9.17) is 0 Å². The van der Waals surface area contributed by atoms with Crippen molar-refractivity contribution in [2.45, 2.75) is 56.0 Å². The van der Waals surface area contributed by atoms with Crippen molar-refractivity contribution < 1.29 is 18.0 Å². The van der Waals surface area contributed by atoms with Gasteiger partial charge in [0, 0.05) is 39.6 Å². The van der Waals surface area contributed by atoms with Crippen molar-refractivity contribution in [3.8, 4) is 0 Å². The molecule has 0 radical (unpaired) electrons. The van der Waals surface area contributed by atoms with Crippen molar-refractivity contribution in [2.24, 2.45) is 5.92 Å². The Labute approximate surface area is 167 Å². The number of sulfonamides is 1. The van der Waals surface area contributed by atoms with Crippen molar-refractivity contribution in [1.29, 1.82) is 0 Å². The highest BCUT2D eigenvalue weighted by molar-refractivity contribution is 7.89. The summed E-state index contributed by atoms with van der Waals surface area (Å²) in [7, 11) is -0.480. The third-order valence-electron chi connectivity index (χ3n) is 5.71. The minimum atomic E-state index is -3.46. The first-order valence-electron chi connectivity index (χ1n) is 9.87. The molecule has 8 heteroatoms. The van der Waals surface area contributed by atoms with Gasteiger partial charge < -0.3 is 10.2 Å². The Morgan fingerprint density at radius 2 is 1.79 bits per heavy atom. The molecule has 0 unspecified atom stereocenters. The zero-order valence-electron chi connectivity index (χ0n) is 16.6. The van der Waals surface area contributed by atoms with Crippen molar-refractivity contribution in [3.63, 3.8) is 0 Å². The van der Waals surface area contributed by atoms with Gasteiger partial charge in [-0.15, -0.1) is 0 Å². The lowest BCUT2D eigenvalue weighted by Crippen LogP contribution is -2.39. The molecule has 1 aromatic carbocycles. The monoisotopic (exact) mass is 407 g/mol. The maximum Gasteiger partial charge on any atom is 0.242 e. The van der Waals surface area contributed by atoms with Gasteiger partial charge in [0.15, 0.2) is 0 Å². The Morgan fingerprint density at radius 1 is 1.14 bits per heavy atom. The first-order chi connectivity index (χ1) is 13.3. The van der Waals surface area contributed by atoms with E-state index in [0.29, 0.717) is 19.1 Å². The van der Waals surface area contributed by atoms with Gasteiger partial charge in [0.05, 0.1) is 10.8 Å². The molecule has 1 aliphatic heterocycles. The molecule has 1 N–H and O–H groups in total. The molecule has 0 bridgehead atoms. The summed E-state index contributed by atoms with van der Waals surface area (Å²) in [5, 5.41) is 2.89. The second kappa shape index (κ2) is 8.61. The topological polar surface area (TPSA) is 86.8 Å². The summed E-state index contributed by atoms with van der Waals surface area (Å²) in [6.07, 6.45) is 5.92. The fourth-order valence-corrected chi connectivity index (χ4v) is 4.88. The lowest BCUT2D eigenvalue weighted by atomic mass is 9.94. The SMILES string of the molecule is CN(C)S(=O)(=O)c1ccc(CNC(=O)[C@H]2CC(=O)N(C3CCCCC3)C2)cc1. The third-order valence-corrected chi connectivity index (χ3v) is 7.54. The molecule has 1 atom stereocenters. The fraction of sp³-hybridized carbons (Fsp3) is 0.600. The zero-order valence-corrected chi connectivity index (χ0v) is 17.4. The number of nitrogens with zero attached hydrogens (tertiary/aromatic N) is 2. The lowest BCUT2D eigenvalue weighted by Gasteiger charge is -2.31. The minimum Gasteiger partial charge on any atom is -0.352 e. The van der Waals surface area contributed by atoms with E-state index in [9.17, 15) is 18.0 Å².